The fourth-order valence-corrected chi connectivity index (χ4v) is 3.35. The van der Waals surface area contributed by atoms with Crippen molar-refractivity contribution in [2.24, 2.45) is 0 Å². The first-order chi connectivity index (χ1) is 9.96. The van der Waals surface area contributed by atoms with Gasteiger partial charge in [-0.15, -0.1) is 0 Å². The van der Waals surface area contributed by atoms with E-state index in [4.69, 9.17) is 10.5 Å². The highest BCUT2D eigenvalue weighted by Gasteiger charge is 2.25. The maximum Gasteiger partial charge on any atom is 0.226 e. The Hall–Kier alpha value is -1.36. The lowest BCUT2D eigenvalue weighted by atomic mass is 10.1. The van der Waals surface area contributed by atoms with Gasteiger partial charge in [-0.05, 0) is 30.7 Å². The quantitative estimate of drug-likeness (QED) is 0.869. The molecule has 2 N–H and O–H groups in total. The van der Waals surface area contributed by atoms with E-state index in [1.165, 1.54) is 0 Å². The van der Waals surface area contributed by atoms with Crippen molar-refractivity contribution in [1.82, 2.24) is 4.90 Å². The van der Waals surface area contributed by atoms with Crippen LogP contribution in [0.1, 0.15) is 26.7 Å². The van der Waals surface area contributed by atoms with Gasteiger partial charge in [0.25, 0.3) is 0 Å². The van der Waals surface area contributed by atoms with Gasteiger partial charge in [0.05, 0.1) is 13.0 Å². The lowest BCUT2D eigenvalue weighted by molar-refractivity contribution is -0.131. The molecule has 0 atom stereocenters. The molecule has 1 saturated heterocycles. The Balaban J connectivity index is 1.75. The summed E-state index contributed by atoms with van der Waals surface area (Å²) < 4.78 is 5.86. The average molecular weight is 308 g/mol. The molecule has 0 aromatic heterocycles. The van der Waals surface area contributed by atoms with Crippen molar-refractivity contribution in [1.29, 1.82) is 0 Å². The third kappa shape index (κ3) is 5.16. The molecule has 0 unspecified atom stereocenters. The maximum absolute atomic E-state index is 12.2. The second-order valence-electron chi connectivity index (χ2n) is 5.91. The number of nitrogens with zero attached hydrogens (tertiary/aromatic N) is 1. The molecule has 0 saturated carbocycles. The Labute approximate surface area is 131 Å². The largest absolute Gasteiger partial charge is 0.493 e. The zero-order valence-corrected chi connectivity index (χ0v) is 13.6. The number of hydrogen-bond acceptors (Lipinski definition) is 4. The summed E-state index contributed by atoms with van der Waals surface area (Å²) in [6.45, 7) is 6.59. The lowest BCUT2D eigenvalue weighted by Gasteiger charge is -2.22. The van der Waals surface area contributed by atoms with Crippen LogP contribution in [0.2, 0.25) is 0 Å². The van der Waals surface area contributed by atoms with Gasteiger partial charge in [0.1, 0.15) is 5.75 Å². The van der Waals surface area contributed by atoms with Crippen molar-refractivity contribution in [3.05, 3.63) is 24.3 Å². The fourth-order valence-electron chi connectivity index (χ4n) is 2.25. The number of rotatable bonds is 4. The first-order valence-corrected chi connectivity index (χ1v) is 8.35. The van der Waals surface area contributed by atoms with Crippen LogP contribution in [-0.2, 0) is 4.79 Å². The normalized spacial score (nSPS) is 18.1. The molecule has 0 bridgehead atoms. The SMILES string of the molecule is CC1(C)CCN(C(=O)CCOc2ccc(N)cc2)CCS1. The molecular weight excluding hydrogens is 284 g/mol. The minimum absolute atomic E-state index is 0.184. The second-order valence-corrected chi connectivity index (χ2v) is 7.71. The number of carbonyl (C=O) groups is 1. The van der Waals surface area contributed by atoms with Crippen molar-refractivity contribution < 1.29 is 9.53 Å². The molecule has 1 aromatic rings. The fraction of sp³-hybridized carbons (Fsp3) is 0.562. The first-order valence-electron chi connectivity index (χ1n) is 7.36. The van der Waals surface area contributed by atoms with Crippen LogP contribution < -0.4 is 10.5 Å². The summed E-state index contributed by atoms with van der Waals surface area (Å²) in [4.78, 5) is 14.2. The van der Waals surface area contributed by atoms with Crippen molar-refractivity contribution in [2.75, 3.05) is 31.2 Å². The van der Waals surface area contributed by atoms with Crippen molar-refractivity contribution in [3.63, 3.8) is 0 Å². The topological polar surface area (TPSA) is 55.6 Å². The second kappa shape index (κ2) is 7.07. The standard InChI is InChI=1S/C16H24N2O2S/c1-16(2)8-9-18(10-12-21-16)15(19)7-11-20-14-5-3-13(17)4-6-14/h3-6H,7-12,17H2,1-2H3. The Morgan fingerprint density at radius 2 is 2.05 bits per heavy atom. The molecule has 1 aliphatic heterocycles. The summed E-state index contributed by atoms with van der Waals surface area (Å²) in [5.74, 6) is 1.95. The van der Waals surface area contributed by atoms with Gasteiger partial charge in [0.15, 0.2) is 0 Å². The van der Waals surface area contributed by atoms with E-state index in [0.29, 0.717) is 18.7 Å². The molecule has 0 radical (unpaired) electrons. The Kier molecular flexibility index (Phi) is 5.39. The molecule has 1 fully saturated rings. The van der Waals surface area contributed by atoms with Crippen LogP contribution in [-0.4, -0.2) is 41.0 Å². The molecule has 21 heavy (non-hydrogen) atoms. The summed E-state index contributed by atoms with van der Waals surface area (Å²) in [6, 6.07) is 7.24. The van der Waals surface area contributed by atoms with Crippen molar-refractivity contribution in [3.8, 4) is 5.75 Å². The highest BCUT2D eigenvalue weighted by Crippen LogP contribution is 2.30. The summed E-state index contributed by atoms with van der Waals surface area (Å²) >= 11 is 1.95. The maximum atomic E-state index is 12.2. The Bertz CT molecular complexity index is 474. The highest BCUT2D eigenvalue weighted by molar-refractivity contribution is 8.00. The first kappa shape index (κ1) is 16.0. The van der Waals surface area contributed by atoms with Gasteiger partial charge in [0, 0.05) is 29.3 Å². The highest BCUT2D eigenvalue weighted by atomic mass is 32.2. The van der Waals surface area contributed by atoms with Crippen LogP contribution in [0.3, 0.4) is 0 Å². The molecule has 2 rings (SSSR count). The number of nitrogen functional groups attached to an aromatic ring is 1. The summed E-state index contributed by atoms with van der Waals surface area (Å²) in [7, 11) is 0. The van der Waals surface area contributed by atoms with Crippen molar-refractivity contribution in [2.45, 2.75) is 31.4 Å². The molecule has 1 heterocycles. The zero-order valence-electron chi connectivity index (χ0n) is 12.8. The number of anilines is 1. The smallest absolute Gasteiger partial charge is 0.226 e. The van der Waals surface area contributed by atoms with Gasteiger partial charge in [0.2, 0.25) is 5.91 Å². The number of thioether (sulfide) groups is 1. The van der Waals surface area contributed by atoms with E-state index in [1.54, 1.807) is 12.1 Å². The molecule has 1 amide bonds. The molecule has 5 heteroatoms. The molecule has 116 valence electrons. The third-order valence-electron chi connectivity index (χ3n) is 3.66. The molecule has 1 aliphatic rings. The van der Waals surface area contributed by atoms with Crippen LogP contribution in [0.5, 0.6) is 5.75 Å². The monoisotopic (exact) mass is 308 g/mol. The minimum atomic E-state index is 0.184. The van der Waals surface area contributed by atoms with E-state index < -0.39 is 0 Å². The molecule has 0 aliphatic carbocycles. The van der Waals surface area contributed by atoms with E-state index >= 15 is 0 Å². The van der Waals surface area contributed by atoms with E-state index in [9.17, 15) is 4.79 Å². The minimum Gasteiger partial charge on any atom is -0.493 e. The predicted molar refractivity (Wildman–Crippen MR) is 88.7 cm³/mol. The lowest BCUT2D eigenvalue weighted by Crippen LogP contribution is -2.34. The van der Waals surface area contributed by atoms with Crippen molar-refractivity contribution >= 4 is 23.4 Å². The predicted octanol–water partition coefficient (Wildman–Crippen LogP) is 2.78. The van der Waals surface area contributed by atoms with E-state index in [1.807, 2.05) is 28.8 Å². The van der Waals surface area contributed by atoms with Gasteiger partial charge in [-0.1, -0.05) is 13.8 Å². The van der Waals surface area contributed by atoms with Gasteiger partial charge in [-0.3, -0.25) is 4.79 Å². The zero-order chi connectivity index (χ0) is 15.3. The number of carbonyl (C=O) groups excluding carboxylic acids is 1. The molecule has 1 aromatic carbocycles. The van der Waals surface area contributed by atoms with Gasteiger partial charge >= 0.3 is 0 Å². The number of benzene rings is 1. The molecule has 0 spiro atoms. The van der Waals surface area contributed by atoms with E-state index in [0.717, 1.165) is 31.0 Å². The summed E-state index contributed by atoms with van der Waals surface area (Å²) in [5, 5.41) is 0. The van der Waals surface area contributed by atoms with Crippen LogP contribution in [0.15, 0.2) is 24.3 Å². The van der Waals surface area contributed by atoms with E-state index in [2.05, 4.69) is 13.8 Å². The summed E-state index contributed by atoms with van der Waals surface area (Å²) in [5.41, 5.74) is 6.33. The van der Waals surface area contributed by atoms with Crippen LogP contribution in [0, 0.1) is 0 Å². The Morgan fingerprint density at radius 3 is 2.76 bits per heavy atom. The number of amides is 1. The number of ether oxygens (including phenoxy) is 1. The number of hydrogen-bond donors (Lipinski definition) is 1. The molecule has 4 nitrogen and oxygen atoms in total. The van der Waals surface area contributed by atoms with Gasteiger partial charge < -0.3 is 15.4 Å². The summed E-state index contributed by atoms with van der Waals surface area (Å²) in [6.07, 6.45) is 1.47. The molecular formula is C16H24N2O2S. The van der Waals surface area contributed by atoms with Gasteiger partial charge in [-0.2, -0.15) is 11.8 Å². The van der Waals surface area contributed by atoms with E-state index in [-0.39, 0.29) is 10.7 Å². The Morgan fingerprint density at radius 1 is 1.33 bits per heavy atom. The number of nitrogens with two attached hydrogens (primary N) is 1. The van der Waals surface area contributed by atoms with Crippen LogP contribution in [0.25, 0.3) is 0 Å². The third-order valence-corrected chi connectivity index (χ3v) is 5.03. The van der Waals surface area contributed by atoms with Gasteiger partial charge in [-0.25, -0.2) is 0 Å². The van der Waals surface area contributed by atoms with Crippen LogP contribution >= 0.6 is 11.8 Å². The average Bonchev–Trinajstić information content (AvgIpc) is 2.62. The van der Waals surface area contributed by atoms with Crippen LogP contribution in [0.4, 0.5) is 5.69 Å².